The van der Waals surface area contributed by atoms with Gasteiger partial charge >= 0.3 is 0 Å². The number of rotatable bonds is 6. The standard InChI is InChI=1S/C12H16N2/c1-2-3-4-6-9-13-11-12-8-5-7-10-14-12/h1,5,7-8,10,13H,3-4,6,9,11H2. The highest BCUT2D eigenvalue weighted by molar-refractivity contribution is 5.02. The minimum Gasteiger partial charge on any atom is -0.311 e. The van der Waals surface area contributed by atoms with Crippen LogP contribution in [0.4, 0.5) is 0 Å². The van der Waals surface area contributed by atoms with E-state index in [4.69, 9.17) is 6.42 Å². The van der Waals surface area contributed by atoms with Gasteiger partial charge in [0.15, 0.2) is 0 Å². The Bertz CT molecular complexity index is 274. The fourth-order valence-electron chi connectivity index (χ4n) is 1.20. The number of nitrogens with one attached hydrogen (secondary N) is 1. The van der Waals surface area contributed by atoms with Crippen molar-refractivity contribution < 1.29 is 0 Å². The number of hydrogen-bond acceptors (Lipinski definition) is 2. The summed E-state index contributed by atoms with van der Waals surface area (Å²) in [6.45, 7) is 1.86. The molecular formula is C12H16N2. The molecule has 74 valence electrons. The highest BCUT2D eigenvalue weighted by Gasteiger charge is 1.91. The molecule has 14 heavy (non-hydrogen) atoms. The van der Waals surface area contributed by atoms with Crippen LogP contribution in [0, 0.1) is 12.3 Å². The van der Waals surface area contributed by atoms with Gasteiger partial charge < -0.3 is 5.32 Å². The van der Waals surface area contributed by atoms with Gasteiger partial charge in [-0.3, -0.25) is 4.98 Å². The van der Waals surface area contributed by atoms with Crippen LogP contribution in [-0.2, 0) is 6.54 Å². The minimum absolute atomic E-state index is 0.844. The van der Waals surface area contributed by atoms with Crippen LogP contribution in [0.5, 0.6) is 0 Å². The predicted molar refractivity (Wildman–Crippen MR) is 58.6 cm³/mol. The van der Waals surface area contributed by atoms with E-state index in [0.29, 0.717) is 0 Å². The van der Waals surface area contributed by atoms with Crippen LogP contribution in [-0.4, -0.2) is 11.5 Å². The van der Waals surface area contributed by atoms with Gasteiger partial charge in [-0.15, -0.1) is 12.3 Å². The second-order valence-corrected chi connectivity index (χ2v) is 3.16. The van der Waals surface area contributed by atoms with Crippen LogP contribution in [0.3, 0.4) is 0 Å². The summed E-state index contributed by atoms with van der Waals surface area (Å²) in [5.41, 5.74) is 1.09. The Labute approximate surface area is 85.8 Å². The van der Waals surface area contributed by atoms with Gasteiger partial charge in [0.2, 0.25) is 0 Å². The van der Waals surface area contributed by atoms with E-state index >= 15 is 0 Å². The molecular weight excluding hydrogens is 172 g/mol. The quantitative estimate of drug-likeness (QED) is 0.545. The first kappa shape index (κ1) is 10.7. The third kappa shape index (κ3) is 4.64. The average molecular weight is 188 g/mol. The lowest BCUT2D eigenvalue weighted by molar-refractivity contribution is 0.622. The van der Waals surface area contributed by atoms with Gasteiger partial charge in [-0.25, -0.2) is 0 Å². The van der Waals surface area contributed by atoms with Gasteiger partial charge in [0.1, 0.15) is 0 Å². The average Bonchev–Trinajstić information content (AvgIpc) is 2.25. The van der Waals surface area contributed by atoms with Gasteiger partial charge in [0.25, 0.3) is 0 Å². The van der Waals surface area contributed by atoms with Crippen molar-refractivity contribution in [2.45, 2.75) is 25.8 Å². The maximum atomic E-state index is 5.15. The summed E-state index contributed by atoms with van der Waals surface area (Å²) < 4.78 is 0. The molecule has 0 saturated carbocycles. The van der Waals surface area contributed by atoms with Gasteiger partial charge in [-0.2, -0.15) is 0 Å². The molecule has 0 aliphatic carbocycles. The fourth-order valence-corrected chi connectivity index (χ4v) is 1.20. The molecule has 0 aliphatic rings. The summed E-state index contributed by atoms with van der Waals surface area (Å²) in [6.07, 6.45) is 10.1. The zero-order valence-electron chi connectivity index (χ0n) is 8.37. The number of terminal acetylenes is 1. The second kappa shape index (κ2) is 7.11. The molecule has 0 bridgehead atoms. The van der Waals surface area contributed by atoms with Gasteiger partial charge in [-0.1, -0.05) is 6.07 Å². The lowest BCUT2D eigenvalue weighted by Crippen LogP contribution is -2.15. The van der Waals surface area contributed by atoms with Crippen molar-refractivity contribution in [2.75, 3.05) is 6.54 Å². The first-order valence-electron chi connectivity index (χ1n) is 4.97. The Hall–Kier alpha value is -1.33. The van der Waals surface area contributed by atoms with E-state index in [-0.39, 0.29) is 0 Å². The zero-order chi connectivity index (χ0) is 10.1. The van der Waals surface area contributed by atoms with Crippen LogP contribution in [0.25, 0.3) is 0 Å². The highest BCUT2D eigenvalue weighted by atomic mass is 14.9. The summed E-state index contributed by atoms with van der Waals surface area (Å²) in [5, 5.41) is 3.33. The van der Waals surface area contributed by atoms with Crippen molar-refractivity contribution >= 4 is 0 Å². The molecule has 0 atom stereocenters. The molecule has 2 nitrogen and oxygen atoms in total. The van der Waals surface area contributed by atoms with Crippen molar-refractivity contribution in [1.29, 1.82) is 0 Å². The molecule has 1 aromatic heterocycles. The number of aromatic nitrogens is 1. The Morgan fingerprint density at radius 1 is 1.36 bits per heavy atom. The van der Waals surface area contributed by atoms with E-state index < -0.39 is 0 Å². The molecule has 0 radical (unpaired) electrons. The monoisotopic (exact) mass is 188 g/mol. The SMILES string of the molecule is C#CCCCCNCc1ccccn1. The van der Waals surface area contributed by atoms with Crippen LogP contribution >= 0.6 is 0 Å². The van der Waals surface area contributed by atoms with Crippen LogP contribution in [0.15, 0.2) is 24.4 Å². The first-order valence-corrected chi connectivity index (χ1v) is 4.97. The van der Waals surface area contributed by atoms with Crippen molar-refractivity contribution in [3.63, 3.8) is 0 Å². The molecule has 1 aromatic rings. The molecule has 0 spiro atoms. The van der Waals surface area contributed by atoms with E-state index in [1.165, 1.54) is 0 Å². The summed E-state index contributed by atoms with van der Waals surface area (Å²) in [5.74, 6) is 2.64. The van der Waals surface area contributed by atoms with Crippen molar-refractivity contribution in [1.82, 2.24) is 10.3 Å². The minimum atomic E-state index is 0.844. The Morgan fingerprint density at radius 2 is 2.29 bits per heavy atom. The second-order valence-electron chi connectivity index (χ2n) is 3.16. The summed E-state index contributed by atoms with van der Waals surface area (Å²) >= 11 is 0. The van der Waals surface area contributed by atoms with E-state index in [1.807, 2.05) is 24.4 Å². The lowest BCUT2D eigenvalue weighted by Gasteiger charge is -2.02. The van der Waals surface area contributed by atoms with Gasteiger partial charge in [-0.05, 0) is 31.5 Å². The number of hydrogen-bond donors (Lipinski definition) is 1. The molecule has 0 unspecified atom stereocenters. The number of nitrogens with zero attached hydrogens (tertiary/aromatic N) is 1. The predicted octanol–water partition coefficient (Wildman–Crippen LogP) is 1.97. The van der Waals surface area contributed by atoms with Crippen molar-refractivity contribution in [2.24, 2.45) is 0 Å². The summed E-state index contributed by atoms with van der Waals surface area (Å²) in [7, 11) is 0. The zero-order valence-corrected chi connectivity index (χ0v) is 8.37. The van der Waals surface area contributed by atoms with Crippen LogP contribution in [0.2, 0.25) is 0 Å². The molecule has 0 aromatic carbocycles. The number of unbranched alkanes of at least 4 members (excludes halogenated alkanes) is 2. The normalized spacial score (nSPS) is 9.64. The van der Waals surface area contributed by atoms with Gasteiger partial charge in [0, 0.05) is 19.2 Å². The fraction of sp³-hybridized carbons (Fsp3) is 0.417. The molecule has 2 heteroatoms. The molecule has 1 rings (SSSR count). The van der Waals surface area contributed by atoms with E-state index in [0.717, 1.165) is 38.0 Å². The molecule has 1 N–H and O–H groups in total. The molecule has 0 saturated heterocycles. The summed E-state index contributed by atoms with van der Waals surface area (Å²) in [4.78, 5) is 4.22. The van der Waals surface area contributed by atoms with Crippen LogP contribution < -0.4 is 5.32 Å². The molecule has 0 fully saturated rings. The van der Waals surface area contributed by atoms with E-state index in [9.17, 15) is 0 Å². The molecule has 1 heterocycles. The van der Waals surface area contributed by atoms with Crippen molar-refractivity contribution in [3.8, 4) is 12.3 Å². The Kier molecular flexibility index (Phi) is 5.46. The maximum absolute atomic E-state index is 5.15. The topological polar surface area (TPSA) is 24.9 Å². The largest absolute Gasteiger partial charge is 0.311 e. The Morgan fingerprint density at radius 3 is 3.00 bits per heavy atom. The van der Waals surface area contributed by atoms with Gasteiger partial charge in [0.05, 0.1) is 5.69 Å². The third-order valence-electron chi connectivity index (χ3n) is 1.96. The van der Waals surface area contributed by atoms with E-state index in [1.54, 1.807) is 0 Å². The smallest absolute Gasteiger partial charge is 0.0541 e. The molecule has 0 aliphatic heterocycles. The summed E-state index contributed by atoms with van der Waals surface area (Å²) in [6, 6.07) is 5.95. The maximum Gasteiger partial charge on any atom is 0.0541 e. The molecule has 0 amide bonds. The van der Waals surface area contributed by atoms with E-state index in [2.05, 4.69) is 16.2 Å². The third-order valence-corrected chi connectivity index (χ3v) is 1.96. The number of pyridine rings is 1. The lowest BCUT2D eigenvalue weighted by atomic mass is 10.2. The first-order chi connectivity index (χ1) is 6.93. The Balaban J connectivity index is 2.03. The highest BCUT2D eigenvalue weighted by Crippen LogP contribution is 1.94. The van der Waals surface area contributed by atoms with Crippen molar-refractivity contribution in [3.05, 3.63) is 30.1 Å². The van der Waals surface area contributed by atoms with Crippen LogP contribution in [0.1, 0.15) is 25.0 Å².